The third-order valence-electron chi connectivity index (χ3n) is 3.63. The fourth-order valence-corrected chi connectivity index (χ4v) is 2.72. The number of hydrogen-bond acceptors (Lipinski definition) is 3. The van der Waals surface area contributed by atoms with Gasteiger partial charge in [-0.3, -0.25) is 4.79 Å². The molecule has 0 atom stereocenters. The average molecular weight is 333 g/mol. The number of likely N-dealkylation sites (N-methyl/N-ethyl adjacent to an activating group) is 1. The molecule has 130 valence electrons. The van der Waals surface area contributed by atoms with Gasteiger partial charge in [0.1, 0.15) is 5.82 Å². The molecule has 2 aromatic rings. The van der Waals surface area contributed by atoms with E-state index in [-0.39, 0.29) is 24.2 Å². The molecule has 2 rings (SSSR count). The Bertz CT molecular complexity index is 715. The van der Waals surface area contributed by atoms with E-state index in [1.54, 1.807) is 37.7 Å². The first-order valence-electron chi connectivity index (χ1n) is 7.92. The van der Waals surface area contributed by atoms with E-state index in [4.69, 9.17) is 0 Å². The molecule has 0 fully saturated rings. The predicted octanol–water partition coefficient (Wildman–Crippen LogP) is 2.98. The summed E-state index contributed by atoms with van der Waals surface area (Å²) in [5.41, 5.74) is 0.967. The SMILES string of the molecule is CC(C)c1c(C(=O)N(C)CC(C)(C)O)cnn1-c1ccc(F)cc1. The van der Waals surface area contributed by atoms with Gasteiger partial charge in [-0.15, -0.1) is 0 Å². The lowest BCUT2D eigenvalue weighted by Gasteiger charge is -2.26. The highest BCUT2D eigenvalue weighted by Gasteiger charge is 2.26. The van der Waals surface area contributed by atoms with Crippen molar-refractivity contribution in [1.29, 1.82) is 0 Å². The molecule has 6 heteroatoms. The lowest BCUT2D eigenvalue weighted by atomic mass is 10.0. The maximum Gasteiger partial charge on any atom is 0.257 e. The summed E-state index contributed by atoms with van der Waals surface area (Å²) in [6.45, 7) is 7.48. The van der Waals surface area contributed by atoms with E-state index in [2.05, 4.69) is 5.10 Å². The third kappa shape index (κ3) is 4.00. The van der Waals surface area contributed by atoms with Gasteiger partial charge in [0.2, 0.25) is 0 Å². The van der Waals surface area contributed by atoms with Crippen molar-refractivity contribution in [3.8, 4) is 5.69 Å². The number of aromatic nitrogens is 2. The van der Waals surface area contributed by atoms with Gasteiger partial charge in [-0.1, -0.05) is 13.8 Å². The minimum atomic E-state index is -0.977. The van der Waals surface area contributed by atoms with E-state index in [1.807, 2.05) is 13.8 Å². The van der Waals surface area contributed by atoms with Gasteiger partial charge in [0.15, 0.2) is 0 Å². The number of aliphatic hydroxyl groups is 1. The van der Waals surface area contributed by atoms with E-state index in [9.17, 15) is 14.3 Å². The quantitative estimate of drug-likeness (QED) is 0.915. The fraction of sp³-hybridized carbons (Fsp3) is 0.444. The molecule has 0 radical (unpaired) electrons. The van der Waals surface area contributed by atoms with Gasteiger partial charge in [0.05, 0.1) is 28.7 Å². The van der Waals surface area contributed by atoms with Gasteiger partial charge < -0.3 is 10.0 Å². The summed E-state index contributed by atoms with van der Waals surface area (Å²) in [4.78, 5) is 14.2. The highest BCUT2D eigenvalue weighted by molar-refractivity contribution is 5.95. The van der Waals surface area contributed by atoms with Crippen LogP contribution >= 0.6 is 0 Å². The number of amides is 1. The second-order valence-corrected chi connectivity index (χ2v) is 6.96. The van der Waals surface area contributed by atoms with Crippen LogP contribution in [0.3, 0.4) is 0 Å². The van der Waals surface area contributed by atoms with Crippen molar-refractivity contribution in [3.63, 3.8) is 0 Å². The van der Waals surface area contributed by atoms with E-state index in [0.717, 1.165) is 5.69 Å². The normalized spacial score (nSPS) is 11.8. The third-order valence-corrected chi connectivity index (χ3v) is 3.63. The van der Waals surface area contributed by atoms with Crippen LogP contribution in [-0.4, -0.2) is 44.9 Å². The molecule has 0 spiro atoms. The molecule has 1 aromatic heterocycles. The minimum Gasteiger partial charge on any atom is -0.389 e. The number of halogens is 1. The van der Waals surface area contributed by atoms with Crippen molar-refractivity contribution in [2.75, 3.05) is 13.6 Å². The summed E-state index contributed by atoms with van der Waals surface area (Å²) in [5.74, 6) is -0.473. The van der Waals surface area contributed by atoms with Crippen molar-refractivity contribution in [3.05, 3.63) is 47.5 Å². The Labute approximate surface area is 141 Å². The number of rotatable bonds is 5. The minimum absolute atomic E-state index is 0.0482. The second-order valence-electron chi connectivity index (χ2n) is 6.96. The Kier molecular flexibility index (Phi) is 5.08. The van der Waals surface area contributed by atoms with Crippen molar-refractivity contribution in [1.82, 2.24) is 14.7 Å². The van der Waals surface area contributed by atoms with Crippen LogP contribution in [-0.2, 0) is 0 Å². The highest BCUT2D eigenvalue weighted by Crippen LogP contribution is 2.24. The molecular weight excluding hydrogens is 309 g/mol. The molecule has 0 aliphatic heterocycles. The Balaban J connectivity index is 2.42. The first-order chi connectivity index (χ1) is 11.1. The molecule has 5 nitrogen and oxygen atoms in total. The van der Waals surface area contributed by atoms with Crippen LogP contribution in [0.2, 0.25) is 0 Å². The van der Waals surface area contributed by atoms with Crippen LogP contribution in [0.15, 0.2) is 30.5 Å². The first kappa shape index (κ1) is 18.1. The van der Waals surface area contributed by atoms with Gasteiger partial charge in [-0.25, -0.2) is 9.07 Å². The second kappa shape index (κ2) is 6.73. The summed E-state index contributed by atoms with van der Waals surface area (Å²) >= 11 is 0. The Hall–Kier alpha value is -2.21. The first-order valence-corrected chi connectivity index (χ1v) is 7.92. The molecule has 1 heterocycles. The maximum absolute atomic E-state index is 13.1. The molecule has 0 saturated carbocycles. The van der Waals surface area contributed by atoms with Crippen molar-refractivity contribution >= 4 is 5.91 Å². The van der Waals surface area contributed by atoms with Crippen LogP contribution in [0.5, 0.6) is 0 Å². The molecular formula is C18H24FN3O2. The summed E-state index contributed by atoms with van der Waals surface area (Å²) < 4.78 is 14.8. The van der Waals surface area contributed by atoms with Gasteiger partial charge >= 0.3 is 0 Å². The van der Waals surface area contributed by atoms with E-state index in [1.165, 1.54) is 23.2 Å². The zero-order valence-electron chi connectivity index (χ0n) is 14.7. The molecule has 0 saturated heterocycles. The zero-order chi connectivity index (χ0) is 18.1. The molecule has 1 aromatic carbocycles. The van der Waals surface area contributed by atoms with Crippen LogP contribution in [0.1, 0.15) is 49.7 Å². The summed E-state index contributed by atoms with van der Waals surface area (Å²) in [5, 5.41) is 14.2. The standard InChI is InChI=1S/C18H24FN3O2/c1-12(2)16-15(17(23)21(5)11-18(3,4)24)10-20-22(16)14-8-6-13(19)7-9-14/h6-10,12,24H,11H2,1-5H3. The number of benzene rings is 1. The number of carbonyl (C=O) groups excluding carboxylic acids is 1. The Morgan fingerprint density at radius 2 is 1.92 bits per heavy atom. The average Bonchev–Trinajstić information content (AvgIpc) is 2.90. The van der Waals surface area contributed by atoms with Gasteiger partial charge in [-0.05, 0) is 44.0 Å². The van der Waals surface area contributed by atoms with Crippen molar-refractivity contribution in [2.45, 2.75) is 39.2 Å². The van der Waals surface area contributed by atoms with Crippen molar-refractivity contribution in [2.24, 2.45) is 0 Å². The summed E-state index contributed by atoms with van der Waals surface area (Å²) in [7, 11) is 1.65. The monoisotopic (exact) mass is 333 g/mol. The molecule has 1 N–H and O–H groups in total. The molecule has 0 unspecified atom stereocenters. The predicted molar refractivity (Wildman–Crippen MR) is 90.9 cm³/mol. The van der Waals surface area contributed by atoms with E-state index < -0.39 is 5.60 Å². The molecule has 0 aliphatic rings. The van der Waals surface area contributed by atoms with Crippen molar-refractivity contribution < 1.29 is 14.3 Å². The Morgan fingerprint density at radius 1 is 1.33 bits per heavy atom. The molecule has 24 heavy (non-hydrogen) atoms. The van der Waals surface area contributed by atoms with Crippen LogP contribution < -0.4 is 0 Å². The van der Waals surface area contributed by atoms with E-state index >= 15 is 0 Å². The van der Waals surface area contributed by atoms with Crippen LogP contribution in [0, 0.1) is 5.82 Å². The van der Waals surface area contributed by atoms with Crippen LogP contribution in [0.4, 0.5) is 4.39 Å². The smallest absolute Gasteiger partial charge is 0.257 e. The lowest BCUT2D eigenvalue weighted by Crippen LogP contribution is -2.40. The van der Waals surface area contributed by atoms with E-state index in [0.29, 0.717) is 11.3 Å². The molecule has 1 amide bonds. The topological polar surface area (TPSA) is 58.4 Å². The maximum atomic E-state index is 13.1. The van der Waals surface area contributed by atoms with Crippen LogP contribution in [0.25, 0.3) is 5.69 Å². The summed E-state index contributed by atoms with van der Waals surface area (Å²) in [6, 6.07) is 5.98. The fourth-order valence-electron chi connectivity index (χ4n) is 2.72. The largest absolute Gasteiger partial charge is 0.389 e. The Morgan fingerprint density at radius 3 is 2.42 bits per heavy atom. The zero-order valence-corrected chi connectivity index (χ0v) is 14.7. The molecule has 0 bridgehead atoms. The van der Waals surface area contributed by atoms with Gasteiger partial charge in [-0.2, -0.15) is 5.10 Å². The molecule has 0 aliphatic carbocycles. The lowest BCUT2D eigenvalue weighted by molar-refractivity contribution is 0.0367. The van der Waals surface area contributed by atoms with Gasteiger partial charge in [0.25, 0.3) is 5.91 Å². The highest BCUT2D eigenvalue weighted by atomic mass is 19.1. The number of nitrogens with zero attached hydrogens (tertiary/aromatic N) is 3. The number of hydrogen-bond donors (Lipinski definition) is 1. The number of carbonyl (C=O) groups is 1. The van der Waals surface area contributed by atoms with Gasteiger partial charge in [0, 0.05) is 13.6 Å². The summed E-state index contributed by atoms with van der Waals surface area (Å²) in [6.07, 6.45) is 1.53.